The number of fused-ring (bicyclic) bond motifs is 1. The molecule has 0 saturated carbocycles. The largest absolute Gasteiger partial charge is 0.304 e. The summed E-state index contributed by atoms with van der Waals surface area (Å²) in [4.78, 5) is 4.73. The van der Waals surface area contributed by atoms with Crippen LogP contribution in [0.25, 0.3) is 5.70 Å². The van der Waals surface area contributed by atoms with Gasteiger partial charge in [0.25, 0.3) is 0 Å². The number of hydrogen-bond acceptors (Lipinski definition) is 1. The van der Waals surface area contributed by atoms with Gasteiger partial charge in [-0.2, -0.15) is 0 Å². The molecule has 2 aliphatic rings. The lowest BCUT2D eigenvalue weighted by atomic mass is 10.1. The molecule has 0 bridgehead atoms. The summed E-state index contributed by atoms with van der Waals surface area (Å²) in [6, 6.07) is 0. The van der Waals surface area contributed by atoms with Gasteiger partial charge in [0.05, 0.1) is 5.69 Å². The summed E-state index contributed by atoms with van der Waals surface area (Å²) in [6.45, 7) is 2.12. The van der Waals surface area contributed by atoms with Crippen LogP contribution < -0.4 is 0 Å². The van der Waals surface area contributed by atoms with Gasteiger partial charge in [0.2, 0.25) is 0 Å². The van der Waals surface area contributed by atoms with Crippen molar-refractivity contribution in [2.75, 3.05) is 0 Å². The summed E-state index contributed by atoms with van der Waals surface area (Å²) in [6.07, 6.45) is 16.7. The highest BCUT2D eigenvalue weighted by atomic mass is 15.1. The third-order valence-corrected chi connectivity index (χ3v) is 3.53. The highest BCUT2D eigenvalue weighted by Crippen LogP contribution is 2.26. The monoisotopic (exact) mass is 226 g/mol. The fourth-order valence-corrected chi connectivity index (χ4v) is 2.74. The molecule has 2 aliphatic carbocycles. The van der Waals surface area contributed by atoms with E-state index in [9.17, 15) is 0 Å². The van der Waals surface area contributed by atoms with Crippen LogP contribution in [-0.4, -0.2) is 9.55 Å². The topological polar surface area (TPSA) is 17.8 Å². The molecule has 0 unspecified atom stereocenters. The van der Waals surface area contributed by atoms with E-state index < -0.39 is 0 Å². The molecule has 1 heterocycles. The van der Waals surface area contributed by atoms with Crippen molar-refractivity contribution in [3.8, 4) is 0 Å². The minimum Gasteiger partial charge on any atom is -0.304 e. The Kier molecular flexibility index (Phi) is 2.71. The molecule has 0 saturated heterocycles. The summed E-state index contributed by atoms with van der Waals surface area (Å²) >= 11 is 0. The Hall–Kier alpha value is -1.57. The summed E-state index contributed by atoms with van der Waals surface area (Å²) in [5, 5.41) is 0. The first-order valence-corrected chi connectivity index (χ1v) is 6.44. The van der Waals surface area contributed by atoms with Crippen molar-refractivity contribution in [3.05, 3.63) is 47.6 Å². The molecule has 1 aromatic heterocycles. The predicted octanol–water partition coefficient (Wildman–Crippen LogP) is 3.43. The van der Waals surface area contributed by atoms with Gasteiger partial charge in [-0.25, -0.2) is 4.98 Å². The fraction of sp³-hybridized carbons (Fsp3) is 0.400. The van der Waals surface area contributed by atoms with Crippen molar-refractivity contribution in [2.45, 2.75) is 39.0 Å². The Bertz CT molecular complexity index is 515. The first kappa shape index (κ1) is 10.6. The second-order valence-electron chi connectivity index (χ2n) is 4.73. The Morgan fingerprint density at radius 3 is 2.82 bits per heavy atom. The lowest BCUT2D eigenvalue weighted by Gasteiger charge is -2.15. The average molecular weight is 226 g/mol. The van der Waals surface area contributed by atoms with Gasteiger partial charge in [0, 0.05) is 17.8 Å². The highest BCUT2D eigenvalue weighted by molar-refractivity contribution is 5.53. The summed E-state index contributed by atoms with van der Waals surface area (Å²) in [7, 11) is 0. The van der Waals surface area contributed by atoms with E-state index in [0.717, 1.165) is 37.9 Å². The van der Waals surface area contributed by atoms with Crippen LogP contribution in [0.5, 0.6) is 0 Å². The van der Waals surface area contributed by atoms with Crippen molar-refractivity contribution in [2.24, 2.45) is 0 Å². The molecular weight excluding hydrogens is 208 g/mol. The zero-order valence-corrected chi connectivity index (χ0v) is 10.3. The molecular formula is C15H18N2. The maximum absolute atomic E-state index is 4.73. The molecule has 0 aliphatic heterocycles. The van der Waals surface area contributed by atoms with Gasteiger partial charge in [-0.1, -0.05) is 24.3 Å². The molecule has 3 rings (SSSR count). The van der Waals surface area contributed by atoms with Crippen LogP contribution in [0.15, 0.2) is 30.4 Å². The van der Waals surface area contributed by atoms with Gasteiger partial charge in [-0.15, -0.1) is 0 Å². The molecule has 0 fully saturated rings. The van der Waals surface area contributed by atoms with Gasteiger partial charge in [-0.05, 0) is 38.7 Å². The number of nitrogens with zero attached hydrogens (tertiary/aromatic N) is 2. The van der Waals surface area contributed by atoms with E-state index in [1.807, 2.05) is 0 Å². The van der Waals surface area contributed by atoms with E-state index in [4.69, 9.17) is 4.98 Å². The van der Waals surface area contributed by atoms with Crippen molar-refractivity contribution < 1.29 is 0 Å². The molecule has 17 heavy (non-hydrogen) atoms. The second-order valence-corrected chi connectivity index (χ2v) is 4.73. The van der Waals surface area contributed by atoms with Crippen LogP contribution in [0.3, 0.4) is 0 Å². The smallest absolute Gasteiger partial charge is 0.110 e. The van der Waals surface area contributed by atoms with Gasteiger partial charge in [0.1, 0.15) is 5.82 Å². The lowest BCUT2D eigenvalue weighted by molar-refractivity contribution is 0.833. The normalized spacial score (nSPS) is 18.8. The van der Waals surface area contributed by atoms with Gasteiger partial charge >= 0.3 is 0 Å². The van der Waals surface area contributed by atoms with Gasteiger partial charge < -0.3 is 4.57 Å². The molecule has 0 radical (unpaired) electrons. The molecule has 0 spiro atoms. The van der Waals surface area contributed by atoms with Crippen LogP contribution in [0.1, 0.15) is 36.5 Å². The van der Waals surface area contributed by atoms with E-state index in [-0.39, 0.29) is 0 Å². The quantitative estimate of drug-likeness (QED) is 0.671. The fourth-order valence-electron chi connectivity index (χ4n) is 2.74. The maximum Gasteiger partial charge on any atom is 0.110 e. The van der Waals surface area contributed by atoms with E-state index in [2.05, 4.69) is 41.9 Å². The van der Waals surface area contributed by atoms with Crippen LogP contribution >= 0.6 is 0 Å². The van der Waals surface area contributed by atoms with Gasteiger partial charge in [-0.3, -0.25) is 0 Å². The Balaban J connectivity index is 2.08. The zero-order chi connectivity index (χ0) is 11.7. The Labute approximate surface area is 102 Å². The molecule has 0 amide bonds. The minimum atomic E-state index is 0.992. The van der Waals surface area contributed by atoms with E-state index in [1.165, 1.54) is 17.1 Å². The number of allylic oxidation sites excluding steroid dienone is 6. The first-order chi connectivity index (χ1) is 8.36. The number of hydrogen-bond donors (Lipinski definition) is 0. The molecule has 2 nitrogen and oxygen atoms in total. The van der Waals surface area contributed by atoms with E-state index >= 15 is 0 Å². The predicted molar refractivity (Wildman–Crippen MR) is 70.8 cm³/mol. The molecule has 0 atom stereocenters. The summed E-state index contributed by atoms with van der Waals surface area (Å²) in [5.41, 5.74) is 4.10. The molecule has 1 aromatic rings. The molecule has 88 valence electrons. The third-order valence-electron chi connectivity index (χ3n) is 3.53. The number of rotatable bonds is 1. The van der Waals surface area contributed by atoms with Crippen molar-refractivity contribution >= 4 is 5.70 Å². The molecule has 0 aromatic carbocycles. The lowest BCUT2D eigenvalue weighted by Crippen LogP contribution is -2.06. The van der Waals surface area contributed by atoms with Crippen LogP contribution in [-0.2, 0) is 12.8 Å². The van der Waals surface area contributed by atoms with Crippen molar-refractivity contribution in [3.63, 3.8) is 0 Å². The number of imidazole rings is 1. The molecule has 2 heteroatoms. The first-order valence-electron chi connectivity index (χ1n) is 6.44. The van der Waals surface area contributed by atoms with Crippen LogP contribution in [0.4, 0.5) is 0 Å². The number of aromatic nitrogens is 2. The molecule has 0 N–H and O–H groups in total. The summed E-state index contributed by atoms with van der Waals surface area (Å²) in [5.74, 6) is 1.15. The number of aryl methyl sites for hydroxylation is 1. The Morgan fingerprint density at radius 1 is 1.12 bits per heavy atom. The SMILES string of the molecule is Cc1nc2c(n1C1=CC=CCC1)CCC=CC2. The second kappa shape index (κ2) is 4.36. The van der Waals surface area contributed by atoms with E-state index in [0.29, 0.717) is 0 Å². The Morgan fingerprint density at radius 2 is 2.00 bits per heavy atom. The van der Waals surface area contributed by atoms with E-state index in [1.54, 1.807) is 0 Å². The van der Waals surface area contributed by atoms with Crippen molar-refractivity contribution in [1.29, 1.82) is 0 Å². The minimum absolute atomic E-state index is 0.992. The van der Waals surface area contributed by atoms with Crippen LogP contribution in [0, 0.1) is 6.92 Å². The zero-order valence-electron chi connectivity index (χ0n) is 10.3. The van der Waals surface area contributed by atoms with Gasteiger partial charge in [0.15, 0.2) is 0 Å². The standard InChI is InChI=1S/C15H18N2/c1-12-16-14-10-6-3-7-11-15(14)17(12)13-8-4-2-5-9-13/h2-4,6,8H,5,7,9-11H2,1H3. The maximum atomic E-state index is 4.73. The van der Waals surface area contributed by atoms with Crippen molar-refractivity contribution in [1.82, 2.24) is 9.55 Å². The average Bonchev–Trinajstić information content (AvgIpc) is 2.52. The highest BCUT2D eigenvalue weighted by Gasteiger charge is 2.17. The van der Waals surface area contributed by atoms with Crippen LogP contribution in [0.2, 0.25) is 0 Å². The third kappa shape index (κ3) is 1.88. The summed E-state index contributed by atoms with van der Waals surface area (Å²) < 4.78 is 2.38.